The fraction of sp³-hybridized carbons (Fsp3) is 0.259. The number of pyridine rings is 1. The van der Waals surface area contributed by atoms with Crippen LogP contribution in [0.2, 0.25) is 0 Å². The summed E-state index contributed by atoms with van der Waals surface area (Å²) in [6, 6.07) is 18.1. The number of fused-ring (bicyclic) bond motifs is 1. The van der Waals surface area contributed by atoms with Crippen LogP contribution in [0.25, 0.3) is 22.2 Å². The van der Waals surface area contributed by atoms with E-state index < -0.39 is 16.9 Å². The maximum atomic E-state index is 13.0. The van der Waals surface area contributed by atoms with E-state index in [9.17, 15) is 26.4 Å². The van der Waals surface area contributed by atoms with E-state index in [2.05, 4.69) is 29.3 Å². The predicted octanol–water partition coefficient (Wildman–Crippen LogP) is 4.57. The zero-order valence-corrected chi connectivity index (χ0v) is 22.4. The average molecular weight is 590 g/mol. The van der Waals surface area contributed by atoms with Crippen molar-refractivity contribution in [3.8, 4) is 16.9 Å². The van der Waals surface area contributed by atoms with Gasteiger partial charge in [0.05, 0.1) is 19.4 Å². The van der Waals surface area contributed by atoms with Gasteiger partial charge in [-0.15, -0.1) is 17.5 Å². The largest absolute Gasteiger partial charge is 0.573 e. The highest BCUT2D eigenvalue weighted by Crippen LogP contribution is 2.33. The van der Waals surface area contributed by atoms with Gasteiger partial charge in [-0.2, -0.15) is 8.42 Å². The quantitative estimate of drug-likeness (QED) is 0.323. The second-order valence-corrected chi connectivity index (χ2v) is 9.33. The number of carbonyl (C=O) groups is 1. The van der Waals surface area contributed by atoms with Gasteiger partial charge in [0, 0.05) is 37.1 Å². The van der Waals surface area contributed by atoms with Gasteiger partial charge in [0.2, 0.25) is 0 Å². The Labute approximate surface area is 234 Å². The van der Waals surface area contributed by atoms with Crippen LogP contribution in [-0.4, -0.2) is 74.9 Å². The molecule has 0 bridgehead atoms. The number of aromatic amines is 1. The van der Waals surface area contributed by atoms with Gasteiger partial charge in [0.1, 0.15) is 22.8 Å². The topological polar surface area (TPSA) is 126 Å². The van der Waals surface area contributed by atoms with E-state index in [1.54, 1.807) is 12.1 Å². The lowest BCUT2D eigenvalue weighted by Crippen LogP contribution is -2.41. The van der Waals surface area contributed by atoms with Crippen molar-refractivity contribution < 1.29 is 35.9 Å². The summed E-state index contributed by atoms with van der Waals surface area (Å²) >= 11 is 0. The smallest absolute Gasteiger partial charge is 0.406 e. The second-order valence-electron chi connectivity index (χ2n) is 8.71. The van der Waals surface area contributed by atoms with Crippen molar-refractivity contribution >= 4 is 33.1 Å². The number of hydrogen-bond acceptors (Lipinski definition) is 8. The van der Waals surface area contributed by atoms with E-state index in [-0.39, 0.29) is 17.3 Å². The lowest BCUT2D eigenvalue weighted by molar-refractivity contribution is -0.274. The third kappa shape index (κ3) is 8.86. The molecule has 3 heterocycles. The highest BCUT2D eigenvalue weighted by molar-refractivity contribution is 7.61. The van der Waals surface area contributed by atoms with Gasteiger partial charge < -0.3 is 19.8 Å². The SMILES string of the molecule is FC(F)(F)Oc1ccccc1.O=C(NCCN1CCOCC1)c1[nH]c2ncc(N=S(=O)=O)cc2c1-c1ccccc1. The van der Waals surface area contributed by atoms with Crippen molar-refractivity contribution in [2.75, 3.05) is 39.4 Å². The molecule has 1 amide bonds. The number of carbonyl (C=O) groups excluding carboxylic acids is 1. The number of alkyl halides is 3. The van der Waals surface area contributed by atoms with Crippen LogP contribution in [0.4, 0.5) is 18.9 Å². The zero-order valence-electron chi connectivity index (χ0n) is 21.6. The number of rotatable bonds is 7. The Bertz CT molecular complexity index is 1580. The Morgan fingerprint density at radius 2 is 1.73 bits per heavy atom. The number of aromatic nitrogens is 2. The van der Waals surface area contributed by atoms with E-state index in [0.29, 0.717) is 42.0 Å². The molecular formula is C27H26F3N5O5S. The Morgan fingerprint density at radius 1 is 1.07 bits per heavy atom. The number of para-hydroxylation sites is 1. The van der Waals surface area contributed by atoms with Crippen LogP contribution in [0.3, 0.4) is 0 Å². The molecule has 41 heavy (non-hydrogen) atoms. The summed E-state index contributed by atoms with van der Waals surface area (Å²) in [5, 5.41) is 3.59. The fourth-order valence-electron chi connectivity index (χ4n) is 4.13. The van der Waals surface area contributed by atoms with E-state index in [1.165, 1.54) is 30.5 Å². The number of halogens is 3. The summed E-state index contributed by atoms with van der Waals surface area (Å²) in [6.45, 7) is 4.38. The first-order valence-electron chi connectivity index (χ1n) is 12.5. The van der Waals surface area contributed by atoms with Crippen molar-refractivity contribution in [2.24, 2.45) is 4.36 Å². The molecular weight excluding hydrogens is 563 g/mol. The van der Waals surface area contributed by atoms with Gasteiger partial charge in [-0.25, -0.2) is 4.98 Å². The number of ether oxygens (including phenoxy) is 2. The molecule has 1 fully saturated rings. The summed E-state index contributed by atoms with van der Waals surface area (Å²) in [6.07, 6.45) is -3.25. The molecule has 1 saturated heterocycles. The molecule has 14 heteroatoms. The summed E-state index contributed by atoms with van der Waals surface area (Å²) in [4.78, 5) is 22.6. The van der Waals surface area contributed by atoms with E-state index >= 15 is 0 Å². The van der Waals surface area contributed by atoms with E-state index in [1.807, 2.05) is 30.3 Å². The van der Waals surface area contributed by atoms with Gasteiger partial charge in [-0.3, -0.25) is 9.69 Å². The molecule has 1 aliphatic rings. The van der Waals surface area contributed by atoms with Gasteiger partial charge in [0.25, 0.3) is 5.91 Å². The molecule has 10 nitrogen and oxygen atoms in total. The molecule has 4 aromatic rings. The second kappa shape index (κ2) is 13.9. The molecule has 216 valence electrons. The molecule has 2 N–H and O–H groups in total. The Hall–Kier alpha value is -4.27. The Morgan fingerprint density at radius 3 is 2.37 bits per heavy atom. The van der Waals surface area contributed by atoms with Crippen LogP contribution in [0, 0.1) is 0 Å². The van der Waals surface area contributed by atoms with Crippen LogP contribution >= 0.6 is 0 Å². The highest BCUT2D eigenvalue weighted by atomic mass is 32.2. The summed E-state index contributed by atoms with van der Waals surface area (Å²) in [7, 11) is -2.59. The van der Waals surface area contributed by atoms with Crippen LogP contribution in [0.1, 0.15) is 10.5 Å². The van der Waals surface area contributed by atoms with Crippen molar-refractivity contribution in [3.05, 3.63) is 78.6 Å². The monoisotopic (exact) mass is 589 g/mol. The van der Waals surface area contributed by atoms with Crippen LogP contribution in [-0.2, 0) is 15.2 Å². The van der Waals surface area contributed by atoms with Crippen LogP contribution in [0.15, 0.2) is 77.3 Å². The third-order valence-electron chi connectivity index (χ3n) is 5.90. The molecule has 0 unspecified atom stereocenters. The van der Waals surface area contributed by atoms with E-state index in [4.69, 9.17) is 4.74 Å². The van der Waals surface area contributed by atoms with Gasteiger partial charge in [0.15, 0.2) is 0 Å². The number of benzene rings is 2. The standard InChI is InChI=1S/C20H21N5O4S.C7H5F3O/c26-20(21-6-7-25-8-10-29-11-9-25)18-17(14-4-2-1-3-5-14)16-12-15(24-30(27)28)13-22-19(16)23-18;8-7(9,10)11-6-4-2-1-3-5-6/h1-5,12-13H,6-11H2,(H,21,26)(H,22,23);1-5H. The summed E-state index contributed by atoms with van der Waals surface area (Å²) in [5.41, 5.74) is 2.56. The summed E-state index contributed by atoms with van der Waals surface area (Å²) < 4.78 is 68.9. The minimum absolute atomic E-state index is 0.194. The van der Waals surface area contributed by atoms with Gasteiger partial charge >= 0.3 is 16.9 Å². The molecule has 0 spiro atoms. The number of morpholine rings is 1. The number of nitrogens with zero attached hydrogens (tertiary/aromatic N) is 3. The number of hydrogen-bond donors (Lipinski definition) is 2. The fourth-order valence-corrected chi connectivity index (χ4v) is 4.41. The molecule has 2 aromatic heterocycles. The lowest BCUT2D eigenvalue weighted by Gasteiger charge is -2.26. The normalized spacial score (nSPS) is 13.6. The molecule has 0 saturated carbocycles. The highest BCUT2D eigenvalue weighted by Gasteiger charge is 2.30. The maximum Gasteiger partial charge on any atom is 0.573 e. The molecule has 2 aromatic carbocycles. The number of H-pyrrole nitrogens is 1. The number of amides is 1. The minimum Gasteiger partial charge on any atom is -0.406 e. The minimum atomic E-state index is -4.60. The molecule has 5 rings (SSSR count). The Kier molecular flexibility index (Phi) is 10.1. The maximum absolute atomic E-state index is 13.0. The van der Waals surface area contributed by atoms with Gasteiger partial charge in [-0.05, 0) is 23.8 Å². The first kappa shape index (κ1) is 29.7. The first-order valence-corrected chi connectivity index (χ1v) is 13.5. The number of nitrogens with one attached hydrogen (secondary N) is 2. The first-order chi connectivity index (χ1) is 19.7. The zero-order chi connectivity index (χ0) is 29.2. The molecule has 1 aliphatic heterocycles. The van der Waals surface area contributed by atoms with Crippen molar-refractivity contribution in [1.29, 1.82) is 0 Å². The third-order valence-corrected chi connectivity index (χ3v) is 6.26. The predicted molar refractivity (Wildman–Crippen MR) is 145 cm³/mol. The van der Waals surface area contributed by atoms with Gasteiger partial charge in [-0.1, -0.05) is 48.5 Å². The Balaban J connectivity index is 0.000000296. The van der Waals surface area contributed by atoms with E-state index in [0.717, 1.165) is 25.2 Å². The van der Waals surface area contributed by atoms with Crippen molar-refractivity contribution in [2.45, 2.75) is 6.36 Å². The molecule has 0 radical (unpaired) electrons. The van der Waals surface area contributed by atoms with Crippen LogP contribution < -0.4 is 10.1 Å². The van der Waals surface area contributed by atoms with Crippen molar-refractivity contribution in [3.63, 3.8) is 0 Å². The summed E-state index contributed by atoms with van der Waals surface area (Å²) in [5.74, 6) is -0.439. The molecule has 0 atom stereocenters. The molecule has 0 aliphatic carbocycles. The average Bonchev–Trinajstić information content (AvgIpc) is 3.33. The van der Waals surface area contributed by atoms with Crippen molar-refractivity contribution in [1.82, 2.24) is 20.2 Å². The lowest BCUT2D eigenvalue weighted by atomic mass is 10.0. The van der Waals surface area contributed by atoms with Crippen LogP contribution in [0.5, 0.6) is 5.75 Å².